The first-order valence-electron chi connectivity index (χ1n) is 6.80. The second-order valence-corrected chi connectivity index (χ2v) is 5.48. The van der Waals surface area contributed by atoms with Crippen LogP contribution in [0.1, 0.15) is 31.6 Å². The molecule has 0 saturated carbocycles. The van der Waals surface area contributed by atoms with Crippen molar-refractivity contribution in [1.82, 2.24) is 10.1 Å². The Morgan fingerprint density at radius 3 is 2.67 bits per heavy atom. The van der Waals surface area contributed by atoms with E-state index in [-0.39, 0.29) is 10.3 Å². The van der Waals surface area contributed by atoms with Crippen molar-refractivity contribution in [2.75, 3.05) is 6.54 Å². The molecule has 2 rings (SSSR count). The lowest BCUT2D eigenvalue weighted by molar-refractivity contribution is 0.374. The molecule has 0 spiro atoms. The summed E-state index contributed by atoms with van der Waals surface area (Å²) in [5, 5.41) is 3.81. The summed E-state index contributed by atoms with van der Waals surface area (Å²) in [6.45, 7) is 0.703. The number of unbranched alkanes of at least 4 members (excludes halogenated alkanes) is 3. The van der Waals surface area contributed by atoms with Gasteiger partial charge in [-0.05, 0) is 47.4 Å². The van der Waals surface area contributed by atoms with Crippen LogP contribution in [0, 0.1) is 11.6 Å². The molecule has 2 aromatic rings. The minimum atomic E-state index is -0.958. The Labute approximate surface area is 129 Å². The van der Waals surface area contributed by atoms with Gasteiger partial charge in [0.05, 0.1) is 4.47 Å². The molecule has 0 aliphatic rings. The van der Waals surface area contributed by atoms with E-state index >= 15 is 0 Å². The average Bonchev–Trinajstić information content (AvgIpc) is 2.93. The van der Waals surface area contributed by atoms with Gasteiger partial charge in [0.15, 0.2) is 11.6 Å². The van der Waals surface area contributed by atoms with Crippen LogP contribution in [0.25, 0.3) is 11.4 Å². The minimum Gasteiger partial charge on any atom is -0.339 e. The molecule has 0 amide bonds. The van der Waals surface area contributed by atoms with Crippen LogP contribution in [0.15, 0.2) is 21.1 Å². The summed E-state index contributed by atoms with van der Waals surface area (Å²) in [6, 6.07) is 2.46. The van der Waals surface area contributed by atoms with Crippen LogP contribution in [-0.2, 0) is 6.42 Å². The highest BCUT2D eigenvalue weighted by molar-refractivity contribution is 9.10. The third kappa shape index (κ3) is 4.07. The van der Waals surface area contributed by atoms with Crippen LogP contribution in [-0.4, -0.2) is 16.7 Å². The molecule has 0 atom stereocenters. The summed E-state index contributed by atoms with van der Waals surface area (Å²) in [5.74, 6) is -1.14. The van der Waals surface area contributed by atoms with E-state index in [1.807, 2.05) is 0 Å². The number of aryl methyl sites for hydroxylation is 1. The third-order valence-corrected chi connectivity index (χ3v) is 3.86. The fraction of sp³-hybridized carbons (Fsp3) is 0.429. The molecule has 21 heavy (non-hydrogen) atoms. The van der Waals surface area contributed by atoms with Crippen molar-refractivity contribution in [2.45, 2.75) is 32.1 Å². The quantitative estimate of drug-likeness (QED) is 0.602. The molecule has 0 aliphatic carbocycles. The molecule has 2 N–H and O–H groups in total. The largest absolute Gasteiger partial charge is 0.339 e. The average molecular weight is 360 g/mol. The van der Waals surface area contributed by atoms with Crippen molar-refractivity contribution in [2.24, 2.45) is 5.73 Å². The van der Waals surface area contributed by atoms with Gasteiger partial charge in [0.2, 0.25) is 11.7 Å². The third-order valence-electron chi connectivity index (χ3n) is 3.09. The number of hydrogen-bond acceptors (Lipinski definition) is 4. The van der Waals surface area contributed by atoms with E-state index < -0.39 is 11.6 Å². The van der Waals surface area contributed by atoms with E-state index in [1.54, 1.807) is 0 Å². The molecule has 0 saturated heterocycles. The number of benzene rings is 1. The van der Waals surface area contributed by atoms with Crippen LogP contribution < -0.4 is 5.73 Å². The summed E-state index contributed by atoms with van der Waals surface area (Å²) in [5.41, 5.74) is 5.79. The van der Waals surface area contributed by atoms with Gasteiger partial charge in [-0.2, -0.15) is 4.98 Å². The minimum absolute atomic E-state index is 0.00204. The number of rotatable bonds is 7. The molecule has 1 aromatic heterocycles. The van der Waals surface area contributed by atoms with Gasteiger partial charge in [0.1, 0.15) is 0 Å². The smallest absolute Gasteiger partial charge is 0.226 e. The predicted octanol–water partition coefficient (Wildman–Crippen LogP) is 3.84. The highest BCUT2D eigenvalue weighted by Gasteiger charge is 2.16. The number of aromatic nitrogens is 2. The lowest BCUT2D eigenvalue weighted by Crippen LogP contribution is -1.97. The van der Waals surface area contributed by atoms with E-state index in [4.69, 9.17) is 10.3 Å². The first kappa shape index (κ1) is 16.0. The zero-order chi connectivity index (χ0) is 15.2. The number of hydrogen-bond donors (Lipinski definition) is 1. The van der Waals surface area contributed by atoms with Crippen LogP contribution in [0.5, 0.6) is 0 Å². The number of nitrogens with zero attached hydrogens (tertiary/aromatic N) is 2. The Kier molecular flexibility index (Phi) is 5.81. The molecule has 0 aliphatic heterocycles. The lowest BCUT2D eigenvalue weighted by atomic mass is 10.1. The topological polar surface area (TPSA) is 64.9 Å². The Balaban J connectivity index is 2.01. The molecule has 114 valence electrons. The summed E-state index contributed by atoms with van der Waals surface area (Å²) < 4.78 is 31.7. The van der Waals surface area contributed by atoms with Crippen molar-refractivity contribution in [1.29, 1.82) is 0 Å². The van der Waals surface area contributed by atoms with Gasteiger partial charge in [-0.15, -0.1) is 0 Å². The van der Waals surface area contributed by atoms with E-state index in [2.05, 4.69) is 26.1 Å². The normalized spacial score (nSPS) is 11.0. The Bertz CT molecular complexity index is 604. The molecule has 0 unspecified atom stereocenters. The van der Waals surface area contributed by atoms with E-state index in [0.29, 0.717) is 24.4 Å². The van der Waals surface area contributed by atoms with Crippen molar-refractivity contribution >= 4 is 15.9 Å². The first-order valence-corrected chi connectivity index (χ1v) is 7.59. The van der Waals surface area contributed by atoms with Gasteiger partial charge in [0.25, 0.3) is 0 Å². The van der Waals surface area contributed by atoms with Gasteiger partial charge in [0, 0.05) is 12.0 Å². The highest BCUT2D eigenvalue weighted by Crippen LogP contribution is 2.30. The maximum Gasteiger partial charge on any atom is 0.226 e. The second kappa shape index (κ2) is 7.61. The summed E-state index contributed by atoms with van der Waals surface area (Å²) in [4.78, 5) is 4.21. The highest BCUT2D eigenvalue weighted by atomic mass is 79.9. The van der Waals surface area contributed by atoms with Crippen molar-refractivity contribution in [3.63, 3.8) is 0 Å². The monoisotopic (exact) mass is 359 g/mol. The first-order chi connectivity index (χ1) is 10.1. The van der Waals surface area contributed by atoms with Gasteiger partial charge in [-0.3, -0.25) is 0 Å². The van der Waals surface area contributed by atoms with E-state index in [9.17, 15) is 8.78 Å². The summed E-state index contributed by atoms with van der Waals surface area (Å²) >= 11 is 3.01. The van der Waals surface area contributed by atoms with Gasteiger partial charge in [-0.25, -0.2) is 8.78 Å². The van der Waals surface area contributed by atoms with Crippen molar-refractivity contribution < 1.29 is 13.3 Å². The Morgan fingerprint density at radius 1 is 1.14 bits per heavy atom. The predicted molar refractivity (Wildman–Crippen MR) is 78.6 cm³/mol. The van der Waals surface area contributed by atoms with Crippen LogP contribution >= 0.6 is 15.9 Å². The molecule has 0 radical (unpaired) electrons. The Hall–Kier alpha value is -1.34. The van der Waals surface area contributed by atoms with Crippen molar-refractivity contribution in [3.8, 4) is 11.4 Å². The van der Waals surface area contributed by atoms with E-state index in [0.717, 1.165) is 31.7 Å². The zero-order valence-electron chi connectivity index (χ0n) is 11.4. The summed E-state index contributed by atoms with van der Waals surface area (Å²) in [7, 11) is 0. The van der Waals surface area contributed by atoms with Crippen molar-refractivity contribution in [3.05, 3.63) is 34.1 Å². The second-order valence-electron chi connectivity index (χ2n) is 4.69. The zero-order valence-corrected chi connectivity index (χ0v) is 13.0. The molecule has 7 heteroatoms. The maximum absolute atomic E-state index is 13.5. The molecule has 0 fully saturated rings. The van der Waals surface area contributed by atoms with Gasteiger partial charge >= 0.3 is 0 Å². The van der Waals surface area contributed by atoms with Crippen LogP contribution in [0.2, 0.25) is 0 Å². The molecular formula is C14H16BrF2N3O. The maximum atomic E-state index is 13.5. The SMILES string of the molecule is NCCCCCCc1nc(-c2ccc(F)c(F)c2Br)no1. The number of halogens is 3. The fourth-order valence-electron chi connectivity index (χ4n) is 1.94. The Morgan fingerprint density at radius 2 is 1.90 bits per heavy atom. The molecule has 4 nitrogen and oxygen atoms in total. The molecule has 1 heterocycles. The van der Waals surface area contributed by atoms with Gasteiger partial charge in [-0.1, -0.05) is 18.0 Å². The summed E-state index contributed by atoms with van der Waals surface area (Å²) in [6.07, 6.45) is 4.73. The standard InChI is InChI=1S/C14H16BrF2N3O/c15-12-9(6-7-10(16)13(12)17)14-19-11(21-20-14)5-3-1-2-4-8-18/h6-7H,1-5,8,18H2. The molecule has 0 bridgehead atoms. The number of nitrogens with two attached hydrogens (primary N) is 1. The lowest BCUT2D eigenvalue weighted by Gasteiger charge is -2.01. The van der Waals surface area contributed by atoms with E-state index in [1.165, 1.54) is 6.07 Å². The molecule has 1 aromatic carbocycles. The fourth-order valence-corrected chi connectivity index (χ4v) is 2.44. The van der Waals surface area contributed by atoms with Gasteiger partial charge < -0.3 is 10.3 Å². The molecular weight excluding hydrogens is 344 g/mol. The van der Waals surface area contributed by atoms with Crippen LogP contribution in [0.4, 0.5) is 8.78 Å². The van der Waals surface area contributed by atoms with Crippen LogP contribution in [0.3, 0.4) is 0 Å².